The van der Waals surface area contributed by atoms with E-state index in [0.29, 0.717) is 0 Å². The van der Waals surface area contributed by atoms with E-state index in [0.717, 1.165) is 12.8 Å². The number of hydrogen-bond acceptors (Lipinski definition) is 4. The van der Waals surface area contributed by atoms with Crippen molar-refractivity contribution in [1.82, 2.24) is 14.1 Å². The summed E-state index contributed by atoms with van der Waals surface area (Å²) in [5.74, 6) is -0.999. The van der Waals surface area contributed by atoms with Crippen molar-refractivity contribution in [3.63, 3.8) is 0 Å². The SMILES string of the molecule is Cn1nccc1S(=O)(=O)N(CCC(=O)O)C1CC1. The topological polar surface area (TPSA) is 92.5 Å². The molecule has 8 heteroatoms. The predicted octanol–water partition coefficient (Wildman–Crippen LogP) is 0.0479. The number of sulfonamides is 1. The van der Waals surface area contributed by atoms with E-state index in [4.69, 9.17) is 5.11 Å². The molecule has 0 radical (unpaired) electrons. The van der Waals surface area contributed by atoms with Gasteiger partial charge in [0.25, 0.3) is 10.0 Å². The number of rotatable bonds is 6. The lowest BCUT2D eigenvalue weighted by Crippen LogP contribution is -2.36. The van der Waals surface area contributed by atoms with Crippen LogP contribution in [0.5, 0.6) is 0 Å². The fourth-order valence-electron chi connectivity index (χ4n) is 1.80. The fourth-order valence-corrected chi connectivity index (χ4v) is 3.59. The van der Waals surface area contributed by atoms with Crippen LogP contribution in [0.1, 0.15) is 19.3 Å². The third kappa shape index (κ3) is 2.54. The Morgan fingerprint density at radius 3 is 2.72 bits per heavy atom. The van der Waals surface area contributed by atoms with E-state index in [1.165, 1.54) is 21.3 Å². The molecule has 1 aliphatic rings. The molecule has 0 bridgehead atoms. The van der Waals surface area contributed by atoms with Crippen LogP contribution in [0.25, 0.3) is 0 Å². The molecule has 0 saturated heterocycles. The van der Waals surface area contributed by atoms with Gasteiger partial charge >= 0.3 is 5.97 Å². The summed E-state index contributed by atoms with van der Waals surface area (Å²) in [4.78, 5) is 10.6. The van der Waals surface area contributed by atoms with Crippen LogP contribution in [-0.2, 0) is 21.9 Å². The highest BCUT2D eigenvalue weighted by Crippen LogP contribution is 2.31. The molecule has 0 atom stereocenters. The van der Waals surface area contributed by atoms with Crippen LogP contribution in [0, 0.1) is 0 Å². The molecular weight excluding hydrogens is 258 g/mol. The minimum Gasteiger partial charge on any atom is -0.481 e. The molecule has 1 heterocycles. The molecule has 0 unspecified atom stereocenters. The molecule has 1 N–H and O–H groups in total. The molecule has 0 amide bonds. The molecule has 1 aromatic heterocycles. The molecule has 2 rings (SSSR count). The lowest BCUT2D eigenvalue weighted by molar-refractivity contribution is -0.137. The number of aromatic nitrogens is 2. The van der Waals surface area contributed by atoms with Gasteiger partial charge in [0.1, 0.15) is 0 Å². The molecule has 1 fully saturated rings. The van der Waals surface area contributed by atoms with Crippen LogP contribution in [0.4, 0.5) is 0 Å². The van der Waals surface area contributed by atoms with Gasteiger partial charge in [-0.2, -0.15) is 9.40 Å². The lowest BCUT2D eigenvalue weighted by atomic mass is 10.4. The average Bonchev–Trinajstić information content (AvgIpc) is 2.99. The van der Waals surface area contributed by atoms with Crippen LogP contribution in [-0.4, -0.2) is 46.2 Å². The van der Waals surface area contributed by atoms with Gasteiger partial charge in [-0.3, -0.25) is 9.48 Å². The predicted molar refractivity (Wildman–Crippen MR) is 62.4 cm³/mol. The van der Waals surface area contributed by atoms with Gasteiger partial charge in [0.05, 0.1) is 12.6 Å². The zero-order valence-corrected chi connectivity index (χ0v) is 10.8. The Labute approximate surface area is 105 Å². The van der Waals surface area contributed by atoms with E-state index in [1.807, 2.05) is 0 Å². The summed E-state index contributed by atoms with van der Waals surface area (Å²) in [7, 11) is -2.10. The first-order valence-electron chi connectivity index (χ1n) is 5.64. The zero-order valence-electron chi connectivity index (χ0n) is 9.98. The van der Waals surface area contributed by atoms with E-state index < -0.39 is 16.0 Å². The first kappa shape index (κ1) is 13.0. The molecule has 7 nitrogen and oxygen atoms in total. The van der Waals surface area contributed by atoms with Gasteiger partial charge in [0, 0.05) is 19.6 Å². The summed E-state index contributed by atoms with van der Waals surface area (Å²) >= 11 is 0. The number of carboxylic acids is 1. The van der Waals surface area contributed by atoms with Crippen LogP contribution >= 0.6 is 0 Å². The smallest absolute Gasteiger partial charge is 0.304 e. The lowest BCUT2D eigenvalue weighted by Gasteiger charge is -2.20. The van der Waals surface area contributed by atoms with E-state index in [2.05, 4.69) is 5.10 Å². The van der Waals surface area contributed by atoms with Crippen LogP contribution < -0.4 is 0 Å². The number of nitrogens with zero attached hydrogens (tertiary/aromatic N) is 3. The van der Waals surface area contributed by atoms with Gasteiger partial charge < -0.3 is 5.11 Å². The zero-order chi connectivity index (χ0) is 13.3. The van der Waals surface area contributed by atoms with Crippen molar-refractivity contribution in [2.24, 2.45) is 7.05 Å². The summed E-state index contributed by atoms with van der Waals surface area (Å²) in [5.41, 5.74) is 0. The molecule has 0 spiro atoms. The van der Waals surface area contributed by atoms with Crippen molar-refractivity contribution in [2.75, 3.05) is 6.54 Å². The molecule has 1 aliphatic carbocycles. The highest BCUT2D eigenvalue weighted by Gasteiger charge is 2.39. The highest BCUT2D eigenvalue weighted by atomic mass is 32.2. The minimum absolute atomic E-state index is 0.00745. The minimum atomic E-state index is -3.65. The number of aryl methyl sites for hydroxylation is 1. The number of carboxylic acid groups (broad SMARTS) is 1. The Kier molecular flexibility index (Phi) is 3.40. The molecule has 1 aromatic rings. The van der Waals surface area contributed by atoms with Crippen molar-refractivity contribution < 1.29 is 18.3 Å². The monoisotopic (exact) mass is 273 g/mol. The Bertz CT molecular complexity index is 547. The second-order valence-electron chi connectivity index (χ2n) is 4.28. The van der Waals surface area contributed by atoms with Crippen molar-refractivity contribution in [3.8, 4) is 0 Å². The summed E-state index contributed by atoms with van der Waals surface area (Å²) in [5, 5.41) is 12.6. The van der Waals surface area contributed by atoms with Crippen molar-refractivity contribution in [1.29, 1.82) is 0 Å². The van der Waals surface area contributed by atoms with Gasteiger partial charge in [-0.15, -0.1) is 0 Å². The quantitative estimate of drug-likeness (QED) is 0.790. The maximum Gasteiger partial charge on any atom is 0.304 e. The van der Waals surface area contributed by atoms with Crippen molar-refractivity contribution in [2.45, 2.75) is 30.3 Å². The summed E-state index contributed by atoms with van der Waals surface area (Å²) in [6.07, 6.45) is 2.80. The Hall–Kier alpha value is -1.41. The number of hydrogen-bond donors (Lipinski definition) is 1. The first-order chi connectivity index (χ1) is 8.43. The number of carbonyl (C=O) groups is 1. The van der Waals surface area contributed by atoms with E-state index in [9.17, 15) is 13.2 Å². The molecule has 0 aliphatic heterocycles. The largest absolute Gasteiger partial charge is 0.481 e. The summed E-state index contributed by atoms with van der Waals surface area (Å²) in [6, 6.07) is 1.36. The third-order valence-electron chi connectivity index (χ3n) is 2.85. The third-order valence-corrected chi connectivity index (χ3v) is 4.88. The van der Waals surface area contributed by atoms with E-state index in [-0.39, 0.29) is 24.0 Å². The normalized spacial score (nSPS) is 16.1. The van der Waals surface area contributed by atoms with Gasteiger partial charge in [-0.25, -0.2) is 8.42 Å². The van der Waals surface area contributed by atoms with Crippen molar-refractivity contribution >= 4 is 16.0 Å². The Morgan fingerprint density at radius 1 is 1.61 bits per heavy atom. The molecular formula is C10H15N3O4S. The second-order valence-corrected chi connectivity index (χ2v) is 6.12. The van der Waals surface area contributed by atoms with Crippen LogP contribution in [0.3, 0.4) is 0 Å². The maximum atomic E-state index is 12.4. The van der Waals surface area contributed by atoms with Crippen LogP contribution in [0.15, 0.2) is 17.3 Å². The average molecular weight is 273 g/mol. The van der Waals surface area contributed by atoms with Gasteiger partial charge in [0.2, 0.25) is 0 Å². The Balaban J connectivity index is 2.25. The maximum absolute atomic E-state index is 12.4. The number of aliphatic carboxylic acids is 1. The molecule has 18 heavy (non-hydrogen) atoms. The molecule has 0 aromatic carbocycles. The van der Waals surface area contributed by atoms with Gasteiger partial charge in [-0.1, -0.05) is 0 Å². The summed E-state index contributed by atoms with van der Waals surface area (Å²) in [6.45, 7) is 0.00745. The standard InChI is InChI=1S/C10H15N3O4S/c1-12-9(4-6-11-12)18(16,17)13(8-2-3-8)7-5-10(14)15/h4,6,8H,2-3,5,7H2,1H3,(H,14,15). The van der Waals surface area contributed by atoms with E-state index in [1.54, 1.807) is 7.05 Å². The highest BCUT2D eigenvalue weighted by molar-refractivity contribution is 7.89. The van der Waals surface area contributed by atoms with Gasteiger partial charge in [-0.05, 0) is 18.9 Å². The van der Waals surface area contributed by atoms with Gasteiger partial charge in [0.15, 0.2) is 5.03 Å². The first-order valence-corrected chi connectivity index (χ1v) is 7.08. The van der Waals surface area contributed by atoms with Crippen LogP contribution in [0.2, 0.25) is 0 Å². The summed E-state index contributed by atoms with van der Waals surface area (Å²) < 4.78 is 27.3. The fraction of sp³-hybridized carbons (Fsp3) is 0.600. The molecule has 100 valence electrons. The van der Waals surface area contributed by atoms with Crippen molar-refractivity contribution in [3.05, 3.63) is 12.3 Å². The molecule has 1 saturated carbocycles. The second kappa shape index (κ2) is 4.69. The van der Waals surface area contributed by atoms with E-state index >= 15 is 0 Å². The Morgan fingerprint density at radius 2 is 2.28 bits per heavy atom.